The first-order valence-corrected chi connectivity index (χ1v) is 6.87. The van der Waals surface area contributed by atoms with Crippen LogP contribution >= 0.6 is 0 Å². The summed E-state index contributed by atoms with van der Waals surface area (Å²) in [5.41, 5.74) is 3.29. The first-order valence-electron chi connectivity index (χ1n) is 6.87. The van der Waals surface area contributed by atoms with Crippen LogP contribution in [0.4, 0.5) is 10.1 Å². The number of anilines is 1. The predicted molar refractivity (Wildman–Crippen MR) is 89.0 cm³/mol. The van der Waals surface area contributed by atoms with Gasteiger partial charge in [-0.2, -0.15) is 0 Å². The third kappa shape index (κ3) is 4.92. The molecule has 110 valence electrons. The molecule has 0 aliphatic heterocycles. The third-order valence-corrected chi connectivity index (χ3v) is 3.00. The fourth-order valence-corrected chi connectivity index (χ4v) is 1.92. The predicted octanol–water partition coefficient (Wildman–Crippen LogP) is 4.47. The molecular formula is C18H21FN2. The van der Waals surface area contributed by atoms with E-state index >= 15 is 0 Å². The summed E-state index contributed by atoms with van der Waals surface area (Å²) in [5.74, 6) is -0.276. The van der Waals surface area contributed by atoms with E-state index in [1.54, 1.807) is 6.07 Å². The van der Waals surface area contributed by atoms with Gasteiger partial charge in [0.15, 0.2) is 0 Å². The molecule has 1 aromatic carbocycles. The molecular weight excluding hydrogens is 263 g/mol. The molecule has 1 aromatic rings. The second kappa shape index (κ2) is 8.06. The molecule has 3 heteroatoms. The molecule has 0 N–H and O–H groups in total. The molecule has 0 spiro atoms. The van der Waals surface area contributed by atoms with Crippen molar-refractivity contribution in [1.82, 2.24) is 0 Å². The maximum Gasteiger partial charge on any atom is 0.125 e. The number of aryl methyl sites for hydroxylation is 1. The van der Waals surface area contributed by atoms with Crippen molar-refractivity contribution in [2.75, 3.05) is 11.4 Å². The van der Waals surface area contributed by atoms with Gasteiger partial charge in [0.1, 0.15) is 5.82 Å². The molecule has 21 heavy (non-hydrogen) atoms. The number of terminal acetylenes is 1. The Morgan fingerprint density at radius 1 is 1.52 bits per heavy atom. The van der Waals surface area contributed by atoms with Gasteiger partial charge in [0.25, 0.3) is 0 Å². The number of allylic oxidation sites excluding steroid dienone is 2. The molecule has 1 rings (SSSR count). The number of nitrogens with zero attached hydrogens (tertiary/aromatic N) is 2. The van der Waals surface area contributed by atoms with Gasteiger partial charge >= 0.3 is 0 Å². The molecule has 2 nitrogen and oxygen atoms in total. The van der Waals surface area contributed by atoms with Crippen LogP contribution in [-0.2, 0) is 0 Å². The zero-order valence-corrected chi connectivity index (χ0v) is 12.9. The average Bonchev–Trinajstić information content (AvgIpc) is 2.44. The van der Waals surface area contributed by atoms with E-state index in [0.29, 0.717) is 6.54 Å². The van der Waals surface area contributed by atoms with Gasteiger partial charge in [-0.3, -0.25) is 0 Å². The van der Waals surface area contributed by atoms with E-state index in [9.17, 15) is 4.39 Å². The average molecular weight is 284 g/mol. The number of halogens is 1. The van der Waals surface area contributed by atoms with Crippen molar-refractivity contribution in [3.05, 3.63) is 54.0 Å². The van der Waals surface area contributed by atoms with Crippen LogP contribution in [0, 0.1) is 25.2 Å². The lowest BCUT2D eigenvalue weighted by atomic mass is 10.1. The summed E-state index contributed by atoms with van der Waals surface area (Å²) < 4.78 is 13.5. The van der Waals surface area contributed by atoms with E-state index in [2.05, 4.69) is 17.6 Å². The van der Waals surface area contributed by atoms with Crippen LogP contribution in [0.15, 0.2) is 47.6 Å². The van der Waals surface area contributed by atoms with Crippen LogP contribution in [0.2, 0.25) is 0 Å². The minimum atomic E-state index is -0.276. The van der Waals surface area contributed by atoms with E-state index in [0.717, 1.165) is 29.1 Å². The molecule has 0 fully saturated rings. The Morgan fingerprint density at radius 2 is 2.24 bits per heavy atom. The van der Waals surface area contributed by atoms with Gasteiger partial charge in [-0.1, -0.05) is 32.1 Å². The lowest BCUT2D eigenvalue weighted by Crippen LogP contribution is -2.27. The molecule has 0 aliphatic rings. The number of benzene rings is 1. The highest BCUT2D eigenvalue weighted by Gasteiger charge is 2.13. The molecule has 0 amide bonds. The zero-order chi connectivity index (χ0) is 15.8. The van der Waals surface area contributed by atoms with Crippen molar-refractivity contribution >= 4 is 11.4 Å². The molecule has 0 atom stereocenters. The molecule has 0 radical (unpaired) electrons. The highest BCUT2D eigenvalue weighted by molar-refractivity contribution is 5.99. The van der Waals surface area contributed by atoms with Crippen molar-refractivity contribution in [3.63, 3.8) is 0 Å². The Balaban J connectivity index is 3.16. The first-order chi connectivity index (χ1) is 9.99. The monoisotopic (exact) mass is 284 g/mol. The van der Waals surface area contributed by atoms with E-state index < -0.39 is 0 Å². The standard InChI is InChI=1S/C18H21FN2/c1-6-8-9-17(20-7-2)13-21(14(3)4)18-12-16(19)11-10-15(18)5/h2,8-12H,3,6,13H2,1,4-5H3/b9-8-,20-17?. The Morgan fingerprint density at radius 3 is 2.81 bits per heavy atom. The Labute approximate surface area is 126 Å². The minimum absolute atomic E-state index is 0.276. The van der Waals surface area contributed by atoms with Crippen molar-refractivity contribution < 1.29 is 4.39 Å². The van der Waals surface area contributed by atoms with E-state index in [-0.39, 0.29) is 5.82 Å². The normalized spacial score (nSPS) is 11.5. The maximum atomic E-state index is 13.5. The minimum Gasteiger partial charge on any atom is -0.340 e. The smallest absolute Gasteiger partial charge is 0.125 e. The van der Waals surface area contributed by atoms with E-state index in [4.69, 9.17) is 6.42 Å². The van der Waals surface area contributed by atoms with Crippen LogP contribution < -0.4 is 4.90 Å². The first kappa shape index (κ1) is 16.7. The van der Waals surface area contributed by atoms with Gasteiger partial charge in [-0.05, 0) is 44.0 Å². The van der Waals surface area contributed by atoms with Gasteiger partial charge in [0, 0.05) is 17.4 Å². The largest absolute Gasteiger partial charge is 0.340 e. The summed E-state index contributed by atoms with van der Waals surface area (Å²) in [6.45, 7) is 10.3. The number of rotatable bonds is 6. The molecule has 0 bridgehead atoms. The molecule has 0 saturated heterocycles. The topological polar surface area (TPSA) is 15.6 Å². The van der Waals surface area contributed by atoms with Crippen LogP contribution in [-0.4, -0.2) is 12.3 Å². The fourth-order valence-electron chi connectivity index (χ4n) is 1.92. The Bertz CT molecular complexity index is 606. The summed E-state index contributed by atoms with van der Waals surface area (Å²) in [4.78, 5) is 5.95. The molecule has 0 heterocycles. The summed E-state index contributed by atoms with van der Waals surface area (Å²) in [5, 5.41) is 0. The summed E-state index contributed by atoms with van der Waals surface area (Å²) >= 11 is 0. The highest BCUT2D eigenvalue weighted by atomic mass is 19.1. The van der Waals surface area contributed by atoms with E-state index in [1.165, 1.54) is 12.1 Å². The van der Waals surface area contributed by atoms with Gasteiger partial charge in [0.05, 0.1) is 12.3 Å². The quantitative estimate of drug-likeness (QED) is 0.556. The van der Waals surface area contributed by atoms with E-state index in [1.807, 2.05) is 37.8 Å². The lowest BCUT2D eigenvalue weighted by molar-refractivity contribution is 0.627. The number of hydrogen-bond acceptors (Lipinski definition) is 2. The SMILES string of the molecule is C#CN=C(/C=C\CC)CN(C(=C)C)c1cc(F)ccc1C. The van der Waals surface area contributed by atoms with Crippen molar-refractivity contribution in [2.24, 2.45) is 4.99 Å². The second-order valence-corrected chi connectivity index (χ2v) is 4.80. The van der Waals surface area contributed by atoms with Crippen LogP contribution in [0.3, 0.4) is 0 Å². The second-order valence-electron chi connectivity index (χ2n) is 4.80. The molecule has 0 aliphatic carbocycles. The lowest BCUT2D eigenvalue weighted by Gasteiger charge is -2.26. The van der Waals surface area contributed by atoms with Gasteiger partial charge in [-0.25, -0.2) is 9.38 Å². The van der Waals surface area contributed by atoms with Crippen molar-refractivity contribution in [1.29, 1.82) is 0 Å². The Kier molecular flexibility index (Phi) is 6.42. The van der Waals surface area contributed by atoms with Gasteiger partial charge < -0.3 is 4.90 Å². The number of aliphatic imine (C=N–C) groups is 1. The summed E-state index contributed by atoms with van der Waals surface area (Å²) in [6, 6.07) is 7.00. The zero-order valence-electron chi connectivity index (χ0n) is 12.9. The van der Waals surface area contributed by atoms with Crippen LogP contribution in [0.25, 0.3) is 0 Å². The van der Waals surface area contributed by atoms with Gasteiger partial charge in [-0.15, -0.1) is 0 Å². The molecule has 0 unspecified atom stereocenters. The fraction of sp³-hybridized carbons (Fsp3) is 0.278. The van der Waals surface area contributed by atoms with Crippen LogP contribution in [0.1, 0.15) is 25.8 Å². The van der Waals surface area contributed by atoms with Crippen molar-refractivity contribution in [2.45, 2.75) is 27.2 Å². The van der Waals surface area contributed by atoms with Crippen molar-refractivity contribution in [3.8, 4) is 12.5 Å². The highest BCUT2D eigenvalue weighted by Crippen LogP contribution is 2.24. The number of hydrogen-bond donors (Lipinski definition) is 0. The van der Waals surface area contributed by atoms with Crippen LogP contribution in [0.5, 0.6) is 0 Å². The molecule has 0 saturated carbocycles. The van der Waals surface area contributed by atoms with Gasteiger partial charge in [0.2, 0.25) is 0 Å². The third-order valence-electron chi connectivity index (χ3n) is 3.00. The maximum absolute atomic E-state index is 13.5. The molecule has 0 aromatic heterocycles. The Hall–Kier alpha value is -2.34. The summed E-state index contributed by atoms with van der Waals surface area (Å²) in [7, 11) is 0. The summed E-state index contributed by atoms with van der Waals surface area (Å²) in [6.07, 6.45) is 10.1.